The van der Waals surface area contributed by atoms with E-state index in [0.717, 1.165) is 42.8 Å². The number of rotatable bonds is 6. The van der Waals surface area contributed by atoms with Crippen molar-refractivity contribution < 1.29 is 18.8 Å². The summed E-state index contributed by atoms with van der Waals surface area (Å²) in [6, 6.07) is 10.4. The van der Waals surface area contributed by atoms with E-state index in [2.05, 4.69) is 20.9 Å². The minimum absolute atomic E-state index is 0.187. The maximum absolute atomic E-state index is 13.8. The van der Waals surface area contributed by atoms with Gasteiger partial charge in [-0.3, -0.25) is 14.3 Å². The molecule has 2 amide bonds. The van der Waals surface area contributed by atoms with Crippen molar-refractivity contribution >= 4 is 17.6 Å². The van der Waals surface area contributed by atoms with Gasteiger partial charge in [-0.1, -0.05) is 42.6 Å². The highest BCUT2D eigenvalue weighted by atomic mass is 16.5. The Bertz CT molecular complexity index is 1270. The van der Waals surface area contributed by atoms with Crippen molar-refractivity contribution in [1.82, 2.24) is 20.3 Å². The molecule has 9 nitrogen and oxygen atoms in total. The third-order valence-electron chi connectivity index (χ3n) is 8.06. The van der Waals surface area contributed by atoms with Crippen LogP contribution in [0.2, 0.25) is 0 Å². The van der Waals surface area contributed by atoms with Crippen LogP contribution in [0.1, 0.15) is 78.6 Å². The molecular weight excluding hydrogens is 458 g/mol. The molecular formula is C27H31N5O4. The van der Waals surface area contributed by atoms with Gasteiger partial charge in [0.1, 0.15) is 23.2 Å². The number of anilines is 1. The van der Waals surface area contributed by atoms with Crippen LogP contribution in [-0.4, -0.2) is 39.4 Å². The fraction of sp³-hybridized carbons (Fsp3) is 0.481. The lowest BCUT2D eigenvalue weighted by atomic mass is 9.76. The topological polar surface area (TPSA) is 111 Å². The number of hydrogen-bond donors (Lipinski definition) is 2. The monoisotopic (exact) mass is 489 g/mol. The molecule has 0 bridgehead atoms. The smallest absolute Gasteiger partial charge is 0.270 e. The standard InChI is InChI=1S/C27H31N5O4/c1-32-19(11-14-28-32)25(33)30-24(23-18-9-5-6-10-20(18)35-16-27(23)12-13-27)26(34)29-22-15-21(36-31-22)17-7-3-2-4-8-17/h5-6,9-11,14-15,17,23-24H,2-4,7-8,12-13,16H2,1H3,(H,30,33)(H,29,31,34)/t23?,24-/m0/s1. The number of carbonyl (C=O) groups is 2. The van der Waals surface area contributed by atoms with E-state index in [1.54, 1.807) is 19.3 Å². The Hall–Kier alpha value is -3.62. The minimum Gasteiger partial charge on any atom is -0.493 e. The number of amides is 2. The van der Waals surface area contributed by atoms with Crippen molar-refractivity contribution in [3.05, 3.63) is 59.6 Å². The van der Waals surface area contributed by atoms with Crippen LogP contribution in [0.3, 0.4) is 0 Å². The zero-order valence-electron chi connectivity index (χ0n) is 20.4. The van der Waals surface area contributed by atoms with Crippen LogP contribution in [0.25, 0.3) is 0 Å². The van der Waals surface area contributed by atoms with E-state index < -0.39 is 6.04 Å². The Balaban J connectivity index is 1.31. The highest BCUT2D eigenvalue weighted by molar-refractivity contribution is 6.01. The van der Waals surface area contributed by atoms with E-state index >= 15 is 0 Å². The molecule has 2 saturated carbocycles. The van der Waals surface area contributed by atoms with Gasteiger partial charge in [0.25, 0.3) is 5.91 Å². The van der Waals surface area contributed by atoms with Gasteiger partial charge < -0.3 is 19.9 Å². The number of aryl methyl sites for hydroxylation is 1. The lowest BCUT2D eigenvalue weighted by Crippen LogP contribution is -2.52. The molecule has 2 aliphatic carbocycles. The molecule has 1 aliphatic heterocycles. The van der Waals surface area contributed by atoms with E-state index in [-0.39, 0.29) is 23.1 Å². The van der Waals surface area contributed by atoms with Crippen molar-refractivity contribution in [2.45, 2.75) is 62.8 Å². The molecule has 1 unspecified atom stereocenters. The molecule has 6 rings (SSSR count). The zero-order valence-corrected chi connectivity index (χ0v) is 20.4. The maximum atomic E-state index is 13.8. The molecule has 3 aliphatic rings. The average molecular weight is 490 g/mol. The average Bonchev–Trinajstić information content (AvgIpc) is 3.28. The number of nitrogens with one attached hydrogen (secondary N) is 2. The van der Waals surface area contributed by atoms with Crippen LogP contribution in [0.15, 0.2) is 47.1 Å². The Morgan fingerprint density at radius 1 is 1.14 bits per heavy atom. The molecule has 3 aromatic rings. The van der Waals surface area contributed by atoms with Crippen LogP contribution in [-0.2, 0) is 11.8 Å². The summed E-state index contributed by atoms with van der Waals surface area (Å²) in [5, 5.41) is 14.2. The first kappa shape index (κ1) is 22.8. The molecule has 2 aromatic heterocycles. The zero-order chi connectivity index (χ0) is 24.7. The van der Waals surface area contributed by atoms with Crippen LogP contribution in [0, 0.1) is 5.41 Å². The van der Waals surface area contributed by atoms with E-state index in [1.165, 1.54) is 23.9 Å². The first-order chi connectivity index (χ1) is 17.5. The van der Waals surface area contributed by atoms with Crippen molar-refractivity contribution in [2.24, 2.45) is 12.5 Å². The summed E-state index contributed by atoms with van der Waals surface area (Å²) in [7, 11) is 1.71. The molecule has 188 valence electrons. The van der Waals surface area contributed by atoms with Crippen LogP contribution in [0.5, 0.6) is 5.75 Å². The van der Waals surface area contributed by atoms with Crippen LogP contribution >= 0.6 is 0 Å². The van der Waals surface area contributed by atoms with E-state index in [0.29, 0.717) is 24.0 Å². The van der Waals surface area contributed by atoms with E-state index in [9.17, 15) is 9.59 Å². The van der Waals surface area contributed by atoms with Crippen molar-refractivity contribution in [3.63, 3.8) is 0 Å². The Morgan fingerprint density at radius 3 is 2.69 bits per heavy atom. The maximum Gasteiger partial charge on any atom is 0.270 e. The van der Waals surface area contributed by atoms with Gasteiger partial charge in [-0.2, -0.15) is 5.10 Å². The van der Waals surface area contributed by atoms with Crippen LogP contribution in [0.4, 0.5) is 5.82 Å². The van der Waals surface area contributed by atoms with E-state index in [1.807, 2.05) is 30.3 Å². The summed E-state index contributed by atoms with van der Waals surface area (Å²) in [6.07, 6.45) is 9.21. The summed E-state index contributed by atoms with van der Waals surface area (Å²) < 4.78 is 13.2. The van der Waals surface area contributed by atoms with Gasteiger partial charge in [-0.15, -0.1) is 0 Å². The first-order valence-corrected chi connectivity index (χ1v) is 12.8. The molecule has 0 saturated heterocycles. The third kappa shape index (κ3) is 4.16. The molecule has 9 heteroatoms. The summed E-state index contributed by atoms with van der Waals surface area (Å²) in [5.41, 5.74) is 1.14. The molecule has 36 heavy (non-hydrogen) atoms. The van der Waals surface area contributed by atoms with Crippen LogP contribution < -0.4 is 15.4 Å². The quantitative estimate of drug-likeness (QED) is 0.538. The number of para-hydroxylation sites is 1. The summed E-state index contributed by atoms with van der Waals surface area (Å²) >= 11 is 0. The normalized spacial score (nSPS) is 21.3. The number of benzene rings is 1. The Kier molecular flexibility index (Phi) is 5.78. The third-order valence-corrected chi connectivity index (χ3v) is 8.06. The van der Waals surface area contributed by atoms with Gasteiger partial charge in [-0.05, 0) is 37.8 Å². The number of aromatic nitrogens is 3. The molecule has 2 fully saturated rings. The second-order valence-corrected chi connectivity index (χ2v) is 10.4. The summed E-state index contributed by atoms with van der Waals surface area (Å²) in [4.78, 5) is 27.1. The first-order valence-electron chi connectivity index (χ1n) is 12.8. The molecule has 1 aromatic carbocycles. The molecule has 2 atom stereocenters. The molecule has 2 N–H and O–H groups in total. The lowest BCUT2D eigenvalue weighted by Gasteiger charge is -2.38. The molecule has 3 heterocycles. The number of hydrogen-bond acceptors (Lipinski definition) is 6. The SMILES string of the molecule is Cn1nccc1C(=O)N[C@H](C(=O)Nc1cc(C2CCCCC2)on1)C1c2ccccc2OCC12CC2. The van der Waals surface area contributed by atoms with E-state index in [4.69, 9.17) is 9.26 Å². The summed E-state index contributed by atoms with van der Waals surface area (Å²) in [6.45, 7) is 0.524. The number of ether oxygens (including phenoxy) is 1. The molecule has 0 radical (unpaired) electrons. The van der Waals surface area contributed by atoms with Gasteiger partial charge in [-0.25, -0.2) is 0 Å². The van der Waals surface area contributed by atoms with Gasteiger partial charge in [0.2, 0.25) is 5.91 Å². The highest BCUT2D eigenvalue weighted by Gasteiger charge is 2.57. The predicted molar refractivity (Wildman–Crippen MR) is 132 cm³/mol. The van der Waals surface area contributed by atoms with Gasteiger partial charge in [0.05, 0.1) is 6.61 Å². The molecule has 1 spiro atoms. The number of nitrogens with zero attached hydrogens (tertiary/aromatic N) is 3. The lowest BCUT2D eigenvalue weighted by molar-refractivity contribution is -0.119. The highest BCUT2D eigenvalue weighted by Crippen LogP contribution is 2.61. The van der Waals surface area contributed by atoms with Crippen molar-refractivity contribution in [2.75, 3.05) is 11.9 Å². The van der Waals surface area contributed by atoms with Gasteiger partial charge >= 0.3 is 0 Å². The predicted octanol–water partition coefficient (Wildman–Crippen LogP) is 4.15. The van der Waals surface area contributed by atoms with Crippen molar-refractivity contribution in [3.8, 4) is 5.75 Å². The Labute approximate surface area is 209 Å². The minimum atomic E-state index is -0.824. The van der Waals surface area contributed by atoms with Crippen molar-refractivity contribution in [1.29, 1.82) is 0 Å². The summed E-state index contributed by atoms with van der Waals surface area (Å²) in [5.74, 6) is 1.40. The van der Waals surface area contributed by atoms with Gasteiger partial charge in [0, 0.05) is 42.1 Å². The number of fused-ring (bicyclic) bond motifs is 1. The fourth-order valence-corrected chi connectivity index (χ4v) is 5.90. The second kappa shape index (κ2) is 9.11. The number of carbonyl (C=O) groups excluding carboxylic acids is 2. The second-order valence-electron chi connectivity index (χ2n) is 10.4. The Morgan fingerprint density at radius 2 is 1.94 bits per heavy atom. The van der Waals surface area contributed by atoms with Gasteiger partial charge in [0.15, 0.2) is 5.82 Å². The fourth-order valence-electron chi connectivity index (χ4n) is 5.90. The largest absolute Gasteiger partial charge is 0.493 e.